The van der Waals surface area contributed by atoms with E-state index < -0.39 is 0 Å². The third kappa shape index (κ3) is 4.59. The van der Waals surface area contributed by atoms with Crippen LogP contribution < -0.4 is 10.1 Å². The zero-order valence-electron chi connectivity index (χ0n) is 19.3. The molecule has 4 aromatic rings. The van der Waals surface area contributed by atoms with Gasteiger partial charge in [-0.2, -0.15) is 0 Å². The van der Waals surface area contributed by atoms with Crippen molar-refractivity contribution in [3.63, 3.8) is 0 Å². The Morgan fingerprint density at radius 3 is 2.64 bits per heavy atom. The Morgan fingerprint density at radius 2 is 2.00 bits per heavy atom. The first-order chi connectivity index (χ1) is 15.8. The van der Waals surface area contributed by atoms with Gasteiger partial charge in [-0.25, -0.2) is 4.98 Å². The molecule has 0 aliphatic heterocycles. The number of methoxy groups -OCH3 is 1. The van der Waals surface area contributed by atoms with E-state index in [4.69, 9.17) is 25.8 Å². The summed E-state index contributed by atoms with van der Waals surface area (Å²) in [5, 5.41) is 7.75. The Balaban J connectivity index is 1.81. The number of fused-ring (bicyclic) bond motifs is 1. The number of aryl methyl sites for hydroxylation is 2. The van der Waals surface area contributed by atoms with E-state index in [1.807, 2.05) is 42.5 Å². The number of amides is 1. The van der Waals surface area contributed by atoms with Crippen LogP contribution in [0.3, 0.4) is 0 Å². The highest BCUT2D eigenvalue weighted by Gasteiger charge is 2.28. The summed E-state index contributed by atoms with van der Waals surface area (Å²) in [6.45, 7) is 8.16. The normalized spacial score (nSPS) is 12.3. The van der Waals surface area contributed by atoms with E-state index in [1.165, 1.54) is 0 Å². The summed E-state index contributed by atoms with van der Waals surface area (Å²) in [5.41, 5.74) is 3.79. The monoisotopic (exact) mass is 466 g/mol. The van der Waals surface area contributed by atoms with Crippen molar-refractivity contribution in [3.8, 4) is 5.75 Å². The molecule has 0 radical (unpaired) electrons. The molecule has 2 aromatic heterocycles. The Bertz CT molecular complexity index is 1290. The molecule has 0 fully saturated rings. The van der Waals surface area contributed by atoms with Gasteiger partial charge in [-0.05, 0) is 49.6 Å². The van der Waals surface area contributed by atoms with Gasteiger partial charge < -0.3 is 19.1 Å². The van der Waals surface area contributed by atoms with Gasteiger partial charge in [0.1, 0.15) is 22.9 Å². The maximum absolute atomic E-state index is 13.2. The first-order valence-electron chi connectivity index (χ1n) is 10.8. The van der Waals surface area contributed by atoms with Gasteiger partial charge in [-0.15, -0.1) is 0 Å². The lowest BCUT2D eigenvalue weighted by molar-refractivity contribution is 0.0920. The molecule has 1 atom stereocenters. The van der Waals surface area contributed by atoms with Crippen LogP contribution in [0.4, 0.5) is 0 Å². The molecule has 1 unspecified atom stereocenters. The van der Waals surface area contributed by atoms with Crippen LogP contribution >= 0.6 is 11.6 Å². The van der Waals surface area contributed by atoms with E-state index in [2.05, 4.69) is 28.9 Å². The van der Waals surface area contributed by atoms with Gasteiger partial charge >= 0.3 is 0 Å². The largest absolute Gasteiger partial charge is 0.497 e. The van der Waals surface area contributed by atoms with Crippen LogP contribution in [0.5, 0.6) is 5.75 Å². The van der Waals surface area contributed by atoms with E-state index in [-0.39, 0.29) is 17.9 Å². The Labute approximate surface area is 197 Å². The highest BCUT2D eigenvalue weighted by molar-refractivity contribution is 6.30. The van der Waals surface area contributed by atoms with Crippen LogP contribution in [0.15, 0.2) is 47.0 Å². The minimum atomic E-state index is -0.344. The molecule has 33 heavy (non-hydrogen) atoms. The second-order valence-electron chi connectivity index (χ2n) is 8.44. The molecular formula is C25H27ClN4O3. The number of imidazole rings is 1. The third-order valence-electron chi connectivity index (χ3n) is 5.71. The molecule has 4 rings (SSSR count). The maximum atomic E-state index is 13.2. The first-order valence-corrected chi connectivity index (χ1v) is 11.2. The van der Waals surface area contributed by atoms with E-state index in [0.29, 0.717) is 28.6 Å². The molecule has 0 bridgehead atoms. The number of carbonyl (C=O) groups is 1. The molecular weight excluding hydrogens is 440 g/mol. The van der Waals surface area contributed by atoms with Crippen molar-refractivity contribution in [2.75, 3.05) is 7.11 Å². The highest BCUT2D eigenvalue weighted by Crippen LogP contribution is 2.30. The van der Waals surface area contributed by atoms with Crippen molar-refractivity contribution in [1.29, 1.82) is 0 Å². The number of aromatic nitrogens is 3. The summed E-state index contributed by atoms with van der Waals surface area (Å²) >= 11 is 6.24. The standard InChI is InChI=1S/C25H27ClN4O3/c1-14(2)23(28-25(31)22-15(3)29-33-16(22)4)24-27-20-10-9-19(32-5)12-21(20)30(24)13-17-7-6-8-18(26)11-17/h6-12,14,23H,13H2,1-5H3,(H,28,31). The molecule has 7 nitrogen and oxygen atoms in total. The second kappa shape index (κ2) is 9.27. The minimum absolute atomic E-state index is 0.0752. The van der Waals surface area contributed by atoms with E-state index >= 15 is 0 Å². The molecule has 0 aliphatic rings. The molecule has 8 heteroatoms. The fourth-order valence-corrected chi connectivity index (χ4v) is 4.23. The van der Waals surface area contributed by atoms with Gasteiger partial charge in [-0.1, -0.05) is 42.7 Å². The predicted molar refractivity (Wildman–Crippen MR) is 128 cm³/mol. The first kappa shape index (κ1) is 22.9. The molecule has 0 spiro atoms. The molecule has 0 saturated heterocycles. The summed E-state index contributed by atoms with van der Waals surface area (Å²) in [6.07, 6.45) is 0. The second-order valence-corrected chi connectivity index (χ2v) is 8.87. The van der Waals surface area contributed by atoms with Gasteiger partial charge in [0.05, 0.1) is 29.9 Å². The lowest BCUT2D eigenvalue weighted by Crippen LogP contribution is -2.34. The number of benzene rings is 2. The van der Waals surface area contributed by atoms with Crippen molar-refractivity contribution in [3.05, 3.63) is 75.9 Å². The maximum Gasteiger partial charge on any atom is 0.257 e. The van der Waals surface area contributed by atoms with Crippen molar-refractivity contribution >= 4 is 28.5 Å². The van der Waals surface area contributed by atoms with Gasteiger partial charge in [-0.3, -0.25) is 4.79 Å². The molecule has 172 valence electrons. The van der Waals surface area contributed by atoms with Crippen LogP contribution in [0, 0.1) is 19.8 Å². The van der Waals surface area contributed by atoms with Crippen LogP contribution in [-0.2, 0) is 6.54 Å². The average molecular weight is 467 g/mol. The number of halogens is 1. The zero-order chi connectivity index (χ0) is 23.7. The zero-order valence-corrected chi connectivity index (χ0v) is 20.1. The van der Waals surface area contributed by atoms with Crippen LogP contribution in [0.2, 0.25) is 5.02 Å². The third-order valence-corrected chi connectivity index (χ3v) is 5.94. The molecule has 1 amide bonds. The summed E-state index contributed by atoms with van der Waals surface area (Å²) < 4.78 is 12.8. The minimum Gasteiger partial charge on any atom is -0.497 e. The molecule has 2 heterocycles. The van der Waals surface area contributed by atoms with Crippen molar-refractivity contribution < 1.29 is 14.1 Å². The number of ether oxygens (including phenoxy) is 1. The topological polar surface area (TPSA) is 82.2 Å². The number of rotatable bonds is 7. The van der Waals surface area contributed by atoms with Gasteiger partial charge in [0.25, 0.3) is 5.91 Å². The molecule has 0 saturated carbocycles. The Kier molecular flexibility index (Phi) is 6.42. The molecule has 2 aromatic carbocycles. The number of carbonyl (C=O) groups excluding carboxylic acids is 1. The fourth-order valence-electron chi connectivity index (χ4n) is 4.02. The SMILES string of the molecule is COc1ccc2nc(C(NC(=O)c3c(C)noc3C)C(C)C)n(Cc3cccc(Cl)c3)c2c1. The lowest BCUT2D eigenvalue weighted by atomic mass is 10.0. The quantitative estimate of drug-likeness (QED) is 0.390. The smallest absolute Gasteiger partial charge is 0.257 e. The lowest BCUT2D eigenvalue weighted by Gasteiger charge is -2.23. The van der Waals surface area contributed by atoms with Crippen molar-refractivity contribution in [2.45, 2.75) is 40.3 Å². The van der Waals surface area contributed by atoms with E-state index in [9.17, 15) is 4.79 Å². The summed E-state index contributed by atoms with van der Waals surface area (Å²) in [4.78, 5) is 18.1. The van der Waals surface area contributed by atoms with Crippen LogP contribution in [0.25, 0.3) is 11.0 Å². The van der Waals surface area contributed by atoms with Crippen molar-refractivity contribution in [1.82, 2.24) is 20.0 Å². The van der Waals surface area contributed by atoms with E-state index in [1.54, 1.807) is 21.0 Å². The molecule has 0 aliphatic carbocycles. The fraction of sp³-hybridized carbons (Fsp3) is 0.320. The number of nitrogens with zero attached hydrogens (tertiary/aromatic N) is 3. The van der Waals surface area contributed by atoms with Gasteiger partial charge in [0, 0.05) is 17.6 Å². The summed E-state index contributed by atoms with van der Waals surface area (Å²) in [7, 11) is 1.64. The van der Waals surface area contributed by atoms with Crippen LogP contribution in [-0.4, -0.2) is 27.7 Å². The van der Waals surface area contributed by atoms with Gasteiger partial charge in [0.15, 0.2) is 0 Å². The Morgan fingerprint density at radius 1 is 1.21 bits per heavy atom. The predicted octanol–water partition coefficient (Wildman–Crippen LogP) is 5.48. The number of hydrogen-bond acceptors (Lipinski definition) is 5. The summed E-state index contributed by atoms with van der Waals surface area (Å²) in [6, 6.07) is 13.2. The average Bonchev–Trinajstić information content (AvgIpc) is 3.30. The Hall–Kier alpha value is -3.32. The highest BCUT2D eigenvalue weighted by atomic mass is 35.5. The van der Waals surface area contributed by atoms with Crippen molar-refractivity contribution in [2.24, 2.45) is 5.92 Å². The summed E-state index contributed by atoms with van der Waals surface area (Å²) in [5.74, 6) is 1.83. The molecule has 1 N–H and O–H groups in total. The van der Waals surface area contributed by atoms with Gasteiger partial charge in [0.2, 0.25) is 0 Å². The van der Waals surface area contributed by atoms with E-state index in [0.717, 1.165) is 28.2 Å². The number of nitrogens with one attached hydrogen (secondary N) is 1. The number of hydrogen-bond donors (Lipinski definition) is 1. The van der Waals surface area contributed by atoms with Crippen LogP contribution in [0.1, 0.15) is 53.1 Å².